The lowest BCUT2D eigenvalue weighted by Crippen LogP contribution is -2.35. The number of Topliss-reactive ketones (excluding diaryl/α,β-unsaturated/α-hetero) is 1. The van der Waals surface area contributed by atoms with Gasteiger partial charge in [-0.25, -0.2) is 0 Å². The Morgan fingerprint density at radius 2 is 1.71 bits per heavy atom. The maximum Gasteiger partial charge on any atom is 0.163 e. The molecule has 0 N–H and O–H groups in total. The Labute approximate surface area is 129 Å². The van der Waals surface area contributed by atoms with Crippen molar-refractivity contribution in [3.8, 4) is 0 Å². The van der Waals surface area contributed by atoms with Crippen LogP contribution in [0.4, 0.5) is 0 Å². The second-order valence-corrected chi connectivity index (χ2v) is 8.10. The smallest absolute Gasteiger partial charge is 0.163 e. The van der Waals surface area contributed by atoms with Crippen LogP contribution >= 0.6 is 0 Å². The highest BCUT2D eigenvalue weighted by Crippen LogP contribution is 2.51. The Kier molecular flexibility index (Phi) is 3.94. The average molecular weight is 284 g/mol. The van der Waals surface area contributed by atoms with Crippen molar-refractivity contribution in [3.05, 3.63) is 35.4 Å². The number of carbonyl (C=O) groups excluding carboxylic acids is 1. The van der Waals surface area contributed by atoms with Gasteiger partial charge >= 0.3 is 0 Å². The first kappa shape index (κ1) is 14.8. The molecule has 2 aliphatic rings. The van der Waals surface area contributed by atoms with Crippen molar-refractivity contribution in [3.63, 3.8) is 0 Å². The maximum absolute atomic E-state index is 12.6. The van der Waals surface area contributed by atoms with E-state index in [0.717, 1.165) is 30.2 Å². The predicted molar refractivity (Wildman–Crippen MR) is 87.7 cm³/mol. The van der Waals surface area contributed by atoms with Gasteiger partial charge in [0, 0.05) is 12.0 Å². The summed E-state index contributed by atoms with van der Waals surface area (Å²) in [4.78, 5) is 12.6. The van der Waals surface area contributed by atoms with Crippen LogP contribution in [0.5, 0.6) is 0 Å². The predicted octanol–water partition coefficient (Wildman–Crippen LogP) is 5.60. The molecule has 1 aromatic carbocycles. The molecule has 0 saturated heterocycles. The van der Waals surface area contributed by atoms with Gasteiger partial charge in [0.25, 0.3) is 0 Å². The van der Waals surface area contributed by atoms with Gasteiger partial charge in [0.05, 0.1) is 0 Å². The summed E-state index contributed by atoms with van der Waals surface area (Å²) in [7, 11) is 0. The summed E-state index contributed by atoms with van der Waals surface area (Å²) in [6.07, 6.45) is 7.24. The van der Waals surface area contributed by atoms with Gasteiger partial charge in [0.15, 0.2) is 5.78 Å². The molecule has 1 aromatic rings. The molecule has 0 amide bonds. The average Bonchev–Trinajstić information content (AvgIpc) is 2.43. The van der Waals surface area contributed by atoms with Crippen LogP contribution in [-0.2, 0) is 0 Å². The van der Waals surface area contributed by atoms with E-state index in [1.807, 2.05) is 6.07 Å². The van der Waals surface area contributed by atoms with E-state index in [1.54, 1.807) is 0 Å². The second-order valence-electron chi connectivity index (χ2n) is 8.10. The summed E-state index contributed by atoms with van der Waals surface area (Å²) in [5.41, 5.74) is 2.54. The van der Waals surface area contributed by atoms with Crippen LogP contribution < -0.4 is 0 Å². The van der Waals surface area contributed by atoms with E-state index in [-0.39, 0.29) is 5.41 Å². The van der Waals surface area contributed by atoms with Crippen LogP contribution in [-0.4, -0.2) is 5.78 Å². The highest BCUT2D eigenvalue weighted by atomic mass is 16.1. The number of benzene rings is 1. The second kappa shape index (κ2) is 5.59. The third kappa shape index (κ3) is 2.80. The first-order valence-electron chi connectivity index (χ1n) is 8.60. The first-order valence-corrected chi connectivity index (χ1v) is 8.60. The molecule has 0 aliphatic heterocycles. The van der Waals surface area contributed by atoms with E-state index in [9.17, 15) is 4.79 Å². The quantitative estimate of drug-likeness (QED) is 0.606. The molecule has 0 radical (unpaired) electrons. The van der Waals surface area contributed by atoms with Gasteiger partial charge in [-0.1, -0.05) is 64.3 Å². The number of carbonyl (C=O) groups is 1. The lowest BCUT2D eigenvalue weighted by atomic mass is 9.59. The minimum Gasteiger partial charge on any atom is -0.294 e. The van der Waals surface area contributed by atoms with E-state index < -0.39 is 0 Å². The third-order valence-corrected chi connectivity index (χ3v) is 5.67. The van der Waals surface area contributed by atoms with Crippen LogP contribution in [0.1, 0.15) is 81.1 Å². The Bertz CT molecular complexity index is 523. The van der Waals surface area contributed by atoms with E-state index in [2.05, 4.69) is 39.0 Å². The molecule has 1 saturated carbocycles. The molecule has 3 unspecified atom stereocenters. The molecule has 3 atom stereocenters. The number of ketones is 1. The molecule has 2 aliphatic carbocycles. The normalized spacial score (nSPS) is 30.0. The SMILES string of the molecule is CC(C)(C)C1c2ccccc2C(=O)CCC2CCCCC21. The fraction of sp³-hybridized carbons (Fsp3) is 0.650. The molecular formula is C20H28O. The van der Waals surface area contributed by atoms with Gasteiger partial charge in [0.2, 0.25) is 0 Å². The standard InChI is InChI=1S/C20H28O/c1-20(2,3)19-15-9-5-4-8-14(15)12-13-18(21)16-10-6-7-11-17(16)19/h6-7,10-11,14-15,19H,4-5,8-9,12-13H2,1-3H3. The Balaban J connectivity index is 2.12. The molecule has 1 nitrogen and oxygen atoms in total. The minimum absolute atomic E-state index is 0.216. The largest absolute Gasteiger partial charge is 0.294 e. The van der Waals surface area contributed by atoms with Crippen LogP contribution in [0.2, 0.25) is 0 Å². The van der Waals surface area contributed by atoms with Gasteiger partial charge in [-0.05, 0) is 41.6 Å². The monoisotopic (exact) mass is 284 g/mol. The molecule has 21 heavy (non-hydrogen) atoms. The summed E-state index contributed by atoms with van der Waals surface area (Å²) >= 11 is 0. The van der Waals surface area contributed by atoms with E-state index in [0.29, 0.717) is 11.7 Å². The molecule has 0 bridgehead atoms. The van der Waals surface area contributed by atoms with E-state index >= 15 is 0 Å². The lowest BCUT2D eigenvalue weighted by Gasteiger charge is -2.45. The van der Waals surface area contributed by atoms with Crippen LogP contribution in [0.15, 0.2) is 24.3 Å². The van der Waals surface area contributed by atoms with Crippen molar-refractivity contribution in [2.45, 2.75) is 65.2 Å². The molecule has 0 aromatic heterocycles. The molecule has 0 heterocycles. The Morgan fingerprint density at radius 1 is 1.00 bits per heavy atom. The van der Waals surface area contributed by atoms with E-state index in [1.165, 1.54) is 31.2 Å². The fourth-order valence-electron chi connectivity index (χ4n) is 4.85. The highest BCUT2D eigenvalue weighted by Gasteiger charge is 2.41. The summed E-state index contributed by atoms with van der Waals surface area (Å²) in [5.74, 6) is 2.39. The Morgan fingerprint density at radius 3 is 2.48 bits per heavy atom. The fourth-order valence-corrected chi connectivity index (χ4v) is 4.85. The molecule has 1 fully saturated rings. The number of fused-ring (bicyclic) bond motifs is 2. The number of hydrogen-bond donors (Lipinski definition) is 0. The van der Waals surface area contributed by atoms with Crippen molar-refractivity contribution in [2.75, 3.05) is 0 Å². The summed E-state index contributed by atoms with van der Waals surface area (Å²) in [6.45, 7) is 7.06. The lowest BCUT2D eigenvalue weighted by molar-refractivity contribution is 0.0881. The zero-order valence-corrected chi connectivity index (χ0v) is 13.7. The molecule has 3 rings (SSSR count). The van der Waals surface area contributed by atoms with Crippen molar-refractivity contribution >= 4 is 5.78 Å². The highest BCUT2D eigenvalue weighted by molar-refractivity contribution is 5.97. The zero-order valence-electron chi connectivity index (χ0n) is 13.7. The van der Waals surface area contributed by atoms with Gasteiger partial charge in [0.1, 0.15) is 0 Å². The van der Waals surface area contributed by atoms with Crippen molar-refractivity contribution in [1.82, 2.24) is 0 Å². The summed E-state index contributed by atoms with van der Waals surface area (Å²) in [6, 6.07) is 8.42. The van der Waals surface area contributed by atoms with Crippen LogP contribution in [0.3, 0.4) is 0 Å². The molecule has 114 valence electrons. The van der Waals surface area contributed by atoms with Crippen molar-refractivity contribution in [1.29, 1.82) is 0 Å². The van der Waals surface area contributed by atoms with Crippen LogP contribution in [0.25, 0.3) is 0 Å². The van der Waals surface area contributed by atoms with Gasteiger partial charge in [-0.2, -0.15) is 0 Å². The Hall–Kier alpha value is -1.11. The van der Waals surface area contributed by atoms with Crippen molar-refractivity contribution < 1.29 is 4.79 Å². The summed E-state index contributed by atoms with van der Waals surface area (Å²) < 4.78 is 0. The van der Waals surface area contributed by atoms with Gasteiger partial charge in [-0.3, -0.25) is 4.79 Å². The molecule has 0 spiro atoms. The molecule has 1 heteroatoms. The van der Waals surface area contributed by atoms with Gasteiger partial charge in [-0.15, -0.1) is 0 Å². The topological polar surface area (TPSA) is 17.1 Å². The maximum atomic E-state index is 12.6. The van der Waals surface area contributed by atoms with Crippen molar-refractivity contribution in [2.24, 2.45) is 17.3 Å². The number of rotatable bonds is 0. The summed E-state index contributed by atoms with van der Waals surface area (Å²) in [5, 5.41) is 0. The number of hydrogen-bond acceptors (Lipinski definition) is 1. The third-order valence-electron chi connectivity index (χ3n) is 5.67. The van der Waals surface area contributed by atoms with E-state index in [4.69, 9.17) is 0 Å². The molecular weight excluding hydrogens is 256 g/mol. The van der Waals surface area contributed by atoms with Crippen LogP contribution in [0, 0.1) is 17.3 Å². The zero-order chi connectivity index (χ0) is 15.0. The first-order chi connectivity index (χ1) is 9.98. The van der Waals surface area contributed by atoms with Gasteiger partial charge < -0.3 is 0 Å². The minimum atomic E-state index is 0.216.